The Kier molecular flexibility index (Phi) is 11.8. The van der Waals surface area contributed by atoms with Crippen LogP contribution in [0.1, 0.15) is 0 Å². The average molecular weight is 142 g/mol. The molecule has 3 heteroatoms. The molecule has 0 bridgehead atoms. The maximum Gasteiger partial charge on any atom is 0.503 e. The van der Waals surface area contributed by atoms with Crippen LogP contribution in [0, 0.1) is 0 Å². The standard InChI is InChI=1S/C6H8.CH2O3/c1-3-5-6-4-2;2-1(3)4/h3-6H,1-2H2;(H2,2,3,4). The van der Waals surface area contributed by atoms with E-state index in [0.717, 1.165) is 0 Å². The van der Waals surface area contributed by atoms with Gasteiger partial charge in [0, 0.05) is 0 Å². The molecule has 0 aliphatic rings. The molecule has 0 atom stereocenters. The highest BCUT2D eigenvalue weighted by Gasteiger charge is 1.70. The molecule has 2 N–H and O–H groups in total. The number of carboxylic acid groups (broad SMARTS) is 2. The van der Waals surface area contributed by atoms with E-state index in [9.17, 15) is 0 Å². The Morgan fingerprint density at radius 2 is 1.30 bits per heavy atom. The van der Waals surface area contributed by atoms with Crippen LogP contribution >= 0.6 is 0 Å². The van der Waals surface area contributed by atoms with Gasteiger partial charge in [0.15, 0.2) is 0 Å². The lowest BCUT2D eigenvalue weighted by Gasteiger charge is -1.60. The van der Waals surface area contributed by atoms with Crippen LogP contribution in [0.2, 0.25) is 0 Å². The Morgan fingerprint density at radius 1 is 1.10 bits per heavy atom. The summed E-state index contributed by atoms with van der Waals surface area (Å²) >= 11 is 0. The van der Waals surface area contributed by atoms with Gasteiger partial charge in [0.1, 0.15) is 0 Å². The van der Waals surface area contributed by atoms with E-state index in [1.54, 1.807) is 12.2 Å². The van der Waals surface area contributed by atoms with Gasteiger partial charge in [-0.3, -0.25) is 0 Å². The van der Waals surface area contributed by atoms with Gasteiger partial charge in [-0.1, -0.05) is 37.5 Å². The smallest absolute Gasteiger partial charge is 0.450 e. The van der Waals surface area contributed by atoms with E-state index >= 15 is 0 Å². The number of hydrogen-bond acceptors (Lipinski definition) is 1. The van der Waals surface area contributed by atoms with E-state index in [2.05, 4.69) is 13.2 Å². The first kappa shape index (κ1) is 11.3. The lowest BCUT2D eigenvalue weighted by atomic mass is 10.5. The molecule has 56 valence electrons. The number of rotatable bonds is 2. The van der Waals surface area contributed by atoms with Crippen LogP contribution in [-0.2, 0) is 0 Å². The monoisotopic (exact) mass is 142 g/mol. The molecule has 0 amide bonds. The Hall–Kier alpha value is -1.51. The number of carbonyl (C=O) groups is 1. The summed E-state index contributed by atoms with van der Waals surface area (Å²) in [5.74, 6) is 0. The zero-order valence-corrected chi connectivity index (χ0v) is 5.53. The summed E-state index contributed by atoms with van der Waals surface area (Å²) in [6.45, 7) is 6.93. The lowest BCUT2D eigenvalue weighted by molar-refractivity contribution is 0.137. The molecule has 0 aromatic rings. The van der Waals surface area contributed by atoms with Gasteiger partial charge < -0.3 is 10.2 Å². The van der Waals surface area contributed by atoms with Crippen molar-refractivity contribution in [2.24, 2.45) is 0 Å². The molecule has 0 heterocycles. The van der Waals surface area contributed by atoms with Gasteiger partial charge in [0.2, 0.25) is 0 Å². The minimum atomic E-state index is -1.83. The van der Waals surface area contributed by atoms with Gasteiger partial charge in [0.25, 0.3) is 0 Å². The molecule has 0 aliphatic heterocycles. The second-order valence-electron chi connectivity index (χ2n) is 1.14. The molecule has 0 aromatic heterocycles. The summed E-state index contributed by atoms with van der Waals surface area (Å²) in [5, 5.41) is 13.9. The summed E-state index contributed by atoms with van der Waals surface area (Å²) in [6.07, 6.45) is 5.24. The maximum absolute atomic E-state index is 8.56. The predicted molar refractivity (Wildman–Crippen MR) is 40.2 cm³/mol. The van der Waals surface area contributed by atoms with Gasteiger partial charge in [-0.2, -0.15) is 0 Å². The Morgan fingerprint density at radius 3 is 1.40 bits per heavy atom. The van der Waals surface area contributed by atoms with Crippen molar-refractivity contribution in [1.82, 2.24) is 0 Å². The van der Waals surface area contributed by atoms with Crippen molar-refractivity contribution in [3.05, 3.63) is 37.5 Å². The molecular formula is C7H10O3. The van der Waals surface area contributed by atoms with Crippen molar-refractivity contribution in [1.29, 1.82) is 0 Å². The van der Waals surface area contributed by atoms with Crippen LogP contribution < -0.4 is 0 Å². The maximum atomic E-state index is 8.56. The van der Waals surface area contributed by atoms with Gasteiger partial charge in [0.05, 0.1) is 0 Å². The molecule has 0 spiro atoms. The third-order valence-electron chi connectivity index (χ3n) is 0.383. The zero-order valence-electron chi connectivity index (χ0n) is 5.53. The second kappa shape index (κ2) is 10.5. The summed E-state index contributed by atoms with van der Waals surface area (Å²) in [4.78, 5) is 8.56. The van der Waals surface area contributed by atoms with Crippen molar-refractivity contribution in [2.45, 2.75) is 0 Å². The molecule has 10 heavy (non-hydrogen) atoms. The van der Waals surface area contributed by atoms with Crippen LogP contribution in [0.5, 0.6) is 0 Å². The molecule has 0 fully saturated rings. The van der Waals surface area contributed by atoms with Crippen LogP contribution in [0.3, 0.4) is 0 Å². The van der Waals surface area contributed by atoms with Crippen LogP contribution in [0.15, 0.2) is 37.5 Å². The van der Waals surface area contributed by atoms with Gasteiger partial charge in [-0.05, 0) is 0 Å². The fourth-order valence-corrected chi connectivity index (χ4v) is 0.157. The van der Waals surface area contributed by atoms with E-state index in [4.69, 9.17) is 15.0 Å². The van der Waals surface area contributed by atoms with E-state index in [0.29, 0.717) is 0 Å². The van der Waals surface area contributed by atoms with Gasteiger partial charge >= 0.3 is 6.16 Å². The van der Waals surface area contributed by atoms with Crippen LogP contribution in [-0.4, -0.2) is 16.4 Å². The predicted octanol–water partition coefficient (Wildman–Crippen LogP) is 2.14. The molecular weight excluding hydrogens is 132 g/mol. The highest BCUT2D eigenvalue weighted by Crippen LogP contribution is 1.69. The Bertz CT molecular complexity index is 122. The highest BCUT2D eigenvalue weighted by atomic mass is 16.6. The van der Waals surface area contributed by atoms with E-state index in [1.807, 2.05) is 12.2 Å². The van der Waals surface area contributed by atoms with Crippen molar-refractivity contribution >= 4 is 6.16 Å². The first-order chi connectivity index (χ1) is 4.65. The minimum Gasteiger partial charge on any atom is -0.450 e. The van der Waals surface area contributed by atoms with Crippen LogP contribution in [0.25, 0.3) is 0 Å². The van der Waals surface area contributed by atoms with Crippen molar-refractivity contribution < 1.29 is 15.0 Å². The summed E-state index contributed by atoms with van der Waals surface area (Å²) in [7, 11) is 0. The largest absolute Gasteiger partial charge is 0.503 e. The Labute approximate surface area is 59.6 Å². The molecule has 0 aliphatic carbocycles. The summed E-state index contributed by atoms with van der Waals surface area (Å²) in [5.41, 5.74) is 0. The summed E-state index contributed by atoms with van der Waals surface area (Å²) < 4.78 is 0. The second-order valence-corrected chi connectivity index (χ2v) is 1.14. The lowest BCUT2D eigenvalue weighted by Crippen LogP contribution is -1.81. The third-order valence-corrected chi connectivity index (χ3v) is 0.383. The van der Waals surface area contributed by atoms with E-state index in [-0.39, 0.29) is 0 Å². The molecule has 0 saturated carbocycles. The third kappa shape index (κ3) is 88.1. The number of hydrogen-bond donors (Lipinski definition) is 2. The van der Waals surface area contributed by atoms with Crippen LogP contribution in [0.4, 0.5) is 4.79 Å². The molecule has 0 unspecified atom stereocenters. The fourth-order valence-electron chi connectivity index (χ4n) is 0.157. The number of allylic oxidation sites excluding steroid dienone is 4. The van der Waals surface area contributed by atoms with Gasteiger partial charge in [-0.15, -0.1) is 0 Å². The molecule has 3 nitrogen and oxygen atoms in total. The molecule has 0 saturated heterocycles. The van der Waals surface area contributed by atoms with Crippen molar-refractivity contribution in [2.75, 3.05) is 0 Å². The average Bonchev–Trinajstić information content (AvgIpc) is 1.82. The molecule has 0 aromatic carbocycles. The van der Waals surface area contributed by atoms with Crippen molar-refractivity contribution in [3.63, 3.8) is 0 Å². The topological polar surface area (TPSA) is 57.5 Å². The SMILES string of the molecule is C=CC=CC=C.O=C(O)O. The van der Waals surface area contributed by atoms with E-state index < -0.39 is 6.16 Å². The van der Waals surface area contributed by atoms with Crippen molar-refractivity contribution in [3.8, 4) is 0 Å². The molecule has 0 radical (unpaired) electrons. The quantitative estimate of drug-likeness (QED) is 0.580. The summed E-state index contributed by atoms with van der Waals surface area (Å²) in [6, 6.07) is 0. The zero-order chi connectivity index (χ0) is 8.41. The van der Waals surface area contributed by atoms with Gasteiger partial charge in [-0.25, -0.2) is 4.79 Å². The first-order valence-corrected chi connectivity index (χ1v) is 2.47. The highest BCUT2D eigenvalue weighted by molar-refractivity contribution is 5.53. The minimum absolute atomic E-state index is 1.71. The normalized spacial score (nSPS) is 7.60. The van der Waals surface area contributed by atoms with E-state index in [1.165, 1.54) is 0 Å². The first-order valence-electron chi connectivity index (χ1n) is 2.47. The molecule has 0 rings (SSSR count). The fraction of sp³-hybridized carbons (Fsp3) is 0. The Balaban J connectivity index is 0.